The van der Waals surface area contributed by atoms with Gasteiger partial charge in [-0.05, 0) is 49.8 Å². The zero-order valence-corrected chi connectivity index (χ0v) is 16.0. The van der Waals surface area contributed by atoms with Crippen LogP contribution in [0.5, 0.6) is 0 Å². The van der Waals surface area contributed by atoms with E-state index in [2.05, 4.69) is 11.6 Å². The molecule has 1 aromatic heterocycles. The van der Waals surface area contributed by atoms with E-state index < -0.39 is 0 Å². The highest BCUT2D eigenvalue weighted by atomic mass is 16.5. The molecule has 0 fully saturated rings. The Morgan fingerprint density at radius 2 is 2.00 bits per heavy atom. The van der Waals surface area contributed by atoms with Gasteiger partial charge in [-0.1, -0.05) is 32.6 Å². The van der Waals surface area contributed by atoms with E-state index in [1.165, 1.54) is 0 Å². The molecular weight excluding hydrogens is 312 g/mol. The third-order valence-electron chi connectivity index (χ3n) is 2.97. The van der Waals surface area contributed by atoms with Crippen LogP contribution in [0.3, 0.4) is 0 Å². The van der Waals surface area contributed by atoms with Crippen LogP contribution in [0.15, 0.2) is 61.0 Å². The molecule has 0 spiro atoms. The highest BCUT2D eigenvalue weighted by molar-refractivity contribution is 5.73. The van der Waals surface area contributed by atoms with Crippen LogP contribution in [0.2, 0.25) is 0 Å². The number of anilines is 1. The largest absolute Gasteiger partial charge is 0.494 e. The van der Waals surface area contributed by atoms with E-state index in [1.54, 1.807) is 12.3 Å². The van der Waals surface area contributed by atoms with E-state index in [0.29, 0.717) is 18.9 Å². The average Bonchev–Trinajstić information content (AvgIpc) is 2.65. The van der Waals surface area contributed by atoms with Gasteiger partial charge < -0.3 is 15.2 Å². The summed E-state index contributed by atoms with van der Waals surface area (Å²) in [5, 5.41) is 0. The second-order valence-corrected chi connectivity index (χ2v) is 4.77. The first-order valence-electron chi connectivity index (χ1n) is 8.80. The van der Waals surface area contributed by atoms with Crippen molar-refractivity contribution in [2.45, 2.75) is 34.1 Å². The number of nitrogens with two attached hydrogens (primary N) is 1. The van der Waals surface area contributed by atoms with E-state index in [-0.39, 0.29) is 0 Å². The number of rotatable bonds is 10. The number of hydrogen-bond donors (Lipinski definition) is 1. The molecule has 0 saturated heterocycles. The third kappa shape index (κ3) is 10.2. The lowest BCUT2D eigenvalue weighted by Crippen LogP contribution is -2.00. The zero-order chi connectivity index (χ0) is 18.9. The highest BCUT2D eigenvalue weighted by Crippen LogP contribution is 2.15. The molecule has 25 heavy (non-hydrogen) atoms. The van der Waals surface area contributed by atoms with Crippen LogP contribution in [0.4, 0.5) is 5.69 Å². The summed E-state index contributed by atoms with van der Waals surface area (Å²) >= 11 is 0. The summed E-state index contributed by atoms with van der Waals surface area (Å²) in [6.45, 7) is 13.8. The van der Waals surface area contributed by atoms with Crippen LogP contribution < -0.4 is 5.73 Å². The topological polar surface area (TPSA) is 57.4 Å². The van der Waals surface area contributed by atoms with Crippen LogP contribution >= 0.6 is 0 Å². The molecule has 4 nitrogen and oxygen atoms in total. The minimum absolute atomic E-state index is 0.619. The van der Waals surface area contributed by atoms with E-state index >= 15 is 0 Å². The molecule has 0 unspecified atom stereocenters. The van der Waals surface area contributed by atoms with Crippen LogP contribution in [-0.2, 0) is 9.47 Å². The second kappa shape index (κ2) is 15.2. The van der Waals surface area contributed by atoms with Crippen molar-refractivity contribution in [3.05, 3.63) is 66.7 Å². The van der Waals surface area contributed by atoms with Crippen LogP contribution in [-0.4, -0.2) is 24.8 Å². The summed E-state index contributed by atoms with van der Waals surface area (Å²) in [7, 11) is 0. The van der Waals surface area contributed by atoms with Gasteiger partial charge in [0, 0.05) is 19.6 Å². The minimum atomic E-state index is 0.619. The van der Waals surface area contributed by atoms with Crippen molar-refractivity contribution in [3.8, 4) is 0 Å². The molecule has 2 N–H and O–H groups in total. The van der Waals surface area contributed by atoms with Gasteiger partial charge in [-0.2, -0.15) is 0 Å². The lowest BCUT2D eigenvalue weighted by molar-refractivity contribution is 0.118. The van der Waals surface area contributed by atoms with Crippen molar-refractivity contribution in [1.82, 2.24) is 4.98 Å². The maximum atomic E-state index is 5.75. The van der Waals surface area contributed by atoms with Gasteiger partial charge in [0.15, 0.2) is 0 Å². The summed E-state index contributed by atoms with van der Waals surface area (Å²) in [6.07, 6.45) is 12.0. The number of aromatic nitrogens is 1. The summed E-state index contributed by atoms with van der Waals surface area (Å²) in [4.78, 5) is 4.30. The molecule has 0 atom stereocenters. The Morgan fingerprint density at radius 1 is 1.24 bits per heavy atom. The quantitative estimate of drug-likeness (QED) is 0.362. The molecular formula is C21H32N2O2. The molecule has 0 aliphatic rings. The Morgan fingerprint density at radius 3 is 2.56 bits per heavy atom. The first kappa shape index (κ1) is 22.7. The van der Waals surface area contributed by atoms with Crippen LogP contribution in [0.25, 0.3) is 5.57 Å². The summed E-state index contributed by atoms with van der Waals surface area (Å²) in [5.74, 6) is 0.791. The second-order valence-electron chi connectivity index (χ2n) is 4.77. The fourth-order valence-electron chi connectivity index (χ4n) is 1.82. The smallest absolute Gasteiger partial charge is 0.118 e. The molecule has 0 amide bonds. The number of hydrogen-bond acceptors (Lipinski definition) is 4. The normalized spacial score (nSPS) is 11.8. The van der Waals surface area contributed by atoms with E-state index in [4.69, 9.17) is 15.2 Å². The van der Waals surface area contributed by atoms with Crippen LogP contribution in [0, 0.1) is 0 Å². The summed E-state index contributed by atoms with van der Waals surface area (Å²) in [6, 6.07) is 3.69. The SMILES string of the molecule is C=C\C(=C/C=C(\C=C/C)OCCCOCC)c1ccc(N)cn1.CC. The maximum absolute atomic E-state index is 5.75. The van der Waals surface area contributed by atoms with Crippen molar-refractivity contribution in [1.29, 1.82) is 0 Å². The van der Waals surface area contributed by atoms with Crippen molar-refractivity contribution >= 4 is 11.3 Å². The molecule has 0 bridgehead atoms. The highest BCUT2D eigenvalue weighted by Gasteiger charge is 1.99. The Bertz CT molecular complexity index is 558. The van der Waals surface area contributed by atoms with Crippen LogP contribution in [0.1, 0.15) is 39.8 Å². The molecule has 0 saturated carbocycles. The monoisotopic (exact) mass is 344 g/mol. The predicted molar refractivity (Wildman–Crippen MR) is 108 cm³/mol. The van der Waals surface area contributed by atoms with Gasteiger partial charge in [0.25, 0.3) is 0 Å². The van der Waals surface area contributed by atoms with E-state index in [9.17, 15) is 0 Å². The van der Waals surface area contributed by atoms with Crippen molar-refractivity contribution in [3.63, 3.8) is 0 Å². The van der Waals surface area contributed by atoms with Gasteiger partial charge in [-0.3, -0.25) is 4.98 Å². The molecule has 1 aromatic rings. The number of pyridine rings is 1. The molecule has 0 aliphatic carbocycles. The van der Waals surface area contributed by atoms with E-state index in [0.717, 1.165) is 30.1 Å². The lowest BCUT2D eigenvalue weighted by atomic mass is 10.1. The Labute approximate surface area is 152 Å². The summed E-state index contributed by atoms with van der Waals surface area (Å²) < 4.78 is 11.1. The molecule has 4 heteroatoms. The minimum Gasteiger partial charge on any atom is -0.494 e. The van der Waals surface area contributed by atoms with Crippen molar-refractivity contribution in [2.75, 3.05) is 25.6 Å². The number of ether oxygens (including phenoxy) is 2. The third-order valence-corrected chi connectivity index (χ3v) is 2.97. The van der Waals surface area contributed by atoms with Gasteiger partial charge in [-0.15, -0.1) is 0 Å². The molecule has 1 rings (SSSR count). The molecule has 1 heterocycles. The van der Waals surface area contributed by atoms with Gasteiger partial charge in [0.1, 0.15) is 5.76 Å². The molecule has 138 valence electrons. The van der Waals surface area contributed by atoms with Crippen molar-refractivity contribution in [2.24, 2.45) is 0 Å². The standard InChI is InChI=1S/C19H26N2O2.C2H6/c1-4-8-18(23-14-7-13-22-6-3)11-9-16(5-2)19-12-10-17(20)15-21-19;1-2/h4-5,8-12,15H,2,6-7,13-14,20H2,1,3H3;1-2H3/b8-4-,16-9+,18-11+;. The number of allylic oxidation sites excluding steroid dienone is 6. The Balaban J connectivity index is 0.00000277. The fraction of sp³-hybridized carbons (Fsp3) is 0.381. The zero-order valence-electron chi connectivity index (χ0n) is 16.0. The molecule has 0 aliphatic heterocycles. The first-order chi connectivity index (χ1) is 12.2. The fourth-order valence-corrected chi connectivity index (χ4v) is 1.82. The van der Waals surface area contributed by atoms with Gasteiger partial charge in [0.05, 0.1) is 24.2 Å². The van der Waals surface area contributed by atoms with Gasteiger partial charge in [0.2, 0.25) is 0 Å². The Kier molecular flexibility index (Phi) is 13.8. The van der Waals surface area contributed by atoms with E-state index in [1.807, 2.05) is 64.1 Å². The van der Waals surface area contributed by atoms with Gasteiger partial charge in [-0.25, -0.2) is 0 Å². The molecule has 0 aromatic carbocycles. The summed E-state index contributed by atoms with van der Waals surface area (Å²) in [5.41, 5.74) is 8.03. The first-order valence-corrected chi connectivity index (χ1v) is 8.80. The molecule has 0 radical (unpaired) electrons. The number of nitrogen functional groups attached to an aromatic ring is 1. The number of nitrogens with zero attached hydrogens (tertiary/aromatic N) is 1. The Hall–Kier alpha value is -2.33. The average molecular weight is 344 g/mol. The van der Waals surface area contributed by atoms with Gasteiger partial charge >= 0.3 is 0 Å². The maximum Gasteiger partial charge on any atom is 0.118 e. The predicted octanol–water partition coefficient (Wildman–Crippen LogP) is 5.16. The lowest BCUT2D eigenvalue weighted by Gasteiger charge is -2.07. The van der Waals surface area contributed by atoms with Crippen molar-refractivity contribution < 1.29 is 9.47 Å².